The Kier molecular flexibility index (Phi) is 2.55. The van der Waals surface area contributed by atoms with Crippen molar-refractivity contribution in [2.24, 2.45) is 5.92 Å². The van der Waals surface area contributed by atoms with Gasteiger partial charge in [0, 0.05) is 5.54 Å². The van der Waals surface area contributed by atoms with Gasteiger partial charge in [0.2, 0.25) is 0 Å². The van der Waals surface area contributed by atoms with E-state index >= 15 is 0 Å². The minimum atomic E-state index is -0.175. The maximum Gasteiger partial charge on any atom is 0.410 e. The van der Waals surface area contributed by atoms with Crippen molar-refractivity contribution in [3.63, 3.8) is 0 Å². The largest absolute Gasteiger partial charge is 0.447 e. The molecule has 1 fully saturated rings. The average molecular weight is 185 g/mol. The van der Waals surface area contributed by atoms with Crippen LogP contribution in [-0.4, -0.2) is 29.2 Å². The van der Waals surface area contributed by atoms with Gasteiger partial charge in [-0.15, -0.1) is 0 Å². The summed E-state index contributed by atoms with van der Waals surface area (Å²) in [5, 5.41) is 0. The molecule has 0 aromatic rings. The lowest BCUT2D eigenvalue weighted by Crippen LogP contribution is -2.49. The van der Waals surface area contributed by atoms with Crippen molar-refractivity contribution in [3.05, 3.63) is 0 Å². The number of ether oxygens (including phenoxy) is 1. The third kappa shape index (κ3) is 1.95. The molecule has 1 aliphatic rings. The second-order valence-corrected chi connectivity index (χ2v) is 4.93. The summed E-state index contributed by atoms with van der Waals surface area (Å²) in [6.07, 6.45) is -0.175. The molecule has 0 aliphatic carbocycles. The van der Waals surface area contributed by atoms with Gasteiger partial charge in [-0.25, -0.2) is 4.79 Å². The van der Waals surface area contributed by atoms with E-state index in [0.717, 1.165) is 0 Å². The zero-order chi connectivity index (χ0) is 10.2. The molecule has 1 rings (SSSR count). The van der Waals surface area contributed by atoms with Gasteiger partial charge in [0.25, 0.3) is 0 Å². The van der Waals surface area contributed by atoms with Crippen molar-refractivity contribution in [1.29, 1.82) is 0 Å². The highest BCUT2D eigenvalue weighted by atomic mass is 16.6. The second-order valence-electron chi connectivity index (χ2n) is 4.93. The van der Waals surface area contributed by atoms with Gasteiger partial charge in [0.15, 0.2) is 0 Å². The van der Waals surface area contributed by atoms with Gasteiger partial charge in [0.05, 0.1) is 6.04 Å². The van der Waals surface area contributed by atoms with Gasteiger partial charge in [-0.2, -0.15) is 0 Å². The quantitative estimate of drug-likeness (QED) is 0.627. The molecule has 1 amide bonds. The van der Waals surface area contributed by atoms with Crippen LogP contribution in [0.1, 0.15) is 34.6 Å². The van der Waals surface area contributed by atoms with Crippen LogP contribution >= 0.6 is 0 Å². The summed E-state index contributed by atoms with van der Waals surface area (Å²) in [6.45, 7) is 10.9. The average Bonchev–Trinajstić information content (AvgIpc) is 2.28. The number of rotatable bonds is 1. The van der Waals surface area contributed by atoms with Gasteiger partial charge in [-0.05, 0) is 26.7 Å². The van der Waals surface area contributed by atoms with E-state index in [1.165, 1.54) is 0 Å². The van der Waals surface area contributed by atoms with Gasteiger partial charge in [0.1, 0.15) is 6.61 Å². The van der Waals surface area contributed by atoms with Gasteiger partial charge >= 0.3 is 6.09 Å². The fourth-order valence-electron chi connectivity index (χ4n) is 1.70. The van der Waals surface area contributed by atoms with Crippen LogP contribution < -0.4 is 0 Å². The predicted molar refractivity (Wildman–Crippen MR) is 51.6 cm³/mol. The molecule has 3 heteroatoms. The second kappa shape index (κ2) is 3.20. The summed E-state index contributed by atoms with van der Waals surface area (Å²) in [5.41, 5.74) is -0.136. The first-order chi connectivity index (χ1) is 5.84. The Morgan fingerprint density at radius 2 is 2.00 bits per heavy atom. The number of cyclic esters (lactones) is 1. The Balaban J connectivity index is 2.84. The molecular formula is C10H19NO2. The van der Waals surface area contributed by atoms with Crippen LogP contribution in [0.2, 0.25) is 0 Å². The van der Waals surface area contributed by atoms with Crippen LogP contribution in [0, 0.1) is 5.92 Å². The maximum absolute atomic E-state index is 11.4. The fraction of sp³-hybridized carbons (Fsp3) is 0.900. The topological polar surface area (TPSA) is 29.5 Å². The van der Waals surface area contributed by atoms with Crippen LogP contribution in [0.15, 0.2) is 0 Å². The van der Waals surface area contributed by atoms with Crippen LogP contribution in [0.3, 0.4) is 0 Å². The van der Waals surface area contributed by atoms with E-state index < -0.39 is 0 Å². The standard InChI is InChI=1S/C10H19NO2/c1-7(2)8-6-13-9(12)11(8)10(3,4)5/h7-8H,6H2,1-5H3/t8-/m0/s1. The van der Waals surface area contributed by atoms with Gasteiger partial charge < -0.3 is 4.74 Å². The normalized spacial score (nSPS) is 24.0. The number of hydrogen-bond donors (Lipinski definition) is 0. The Labute approximate surface area is 80.1 Å². The van der Waals surface area contributed by atoms with Gasteiger partial charge in [-0.3, -0.25) is 4.90 Å². The molecule has 3 nitrogen and oxygen atoms in total. The lowest BCUT2D eigenvalue weighted by molar-refractivity contribution is 0.112. The maximum atomic E-state index is 11.4. The van der Waals surface area contributed by atoms with Crippen LogP contribution in [0.25, 0.3) is 0 Å². The molecule has 1 aliphatic heterocycles. The van der Waals surface area contributed by atoms with Crippen molar-refractivity contribution in [2.45, 2.75) is 46.2 Å². The Hall–Kier alpha value is -0.730. The third-order valence-electron chi connectivity index (χ3n) is 2.40. The minimum Gasteiger partial charge on any atom is -0.447 e. The third-order valence-corrected chi connectivity index (χ3v) is 2.40. The first-order valence-corrected chi connectivity index (χ1v) is 4.80. The summed E-state index contributed by atoms with van der Waals surface area (Å²) in [6, 6.07) is 0.229. The molecular weight excluding hydrogens is 166 g/mol. The number of amides is 1. The van der Waals surface area contributed by atoms with Gasteiger partial charge in [-0.1, -0.05) is 13.8 Å². The van der Waals surface area contributed by atoms with Crippen molar-refractivity contribution in [1.82, 2.24) is 4.90 Å². The van der Waals surface area contributed by atoms with Crippen molar-refractivity contribution in [3.8, 4) is 0 Å². The van der Waals surface area contributed by atoms with E-state index in [2.05, 4.69) is 13.8 Å². The monoisotopic (exact) mass is 185 g/mol. The molecule has 0 unspecified atom stereocenters. The highest BCUT2D eigenvalue weighted by Gasteiger charge is 2.41. The number of hydrogen-bond acceptors (Lipinski definition) is 2. The molecule has 1 atom stereocenters. The Bertz CT molecular complexity index is 205. The van der Waals surface area contributed by atoms with Crippen molar-refractivity contribution >= 4 is 6.09 Å². The van der Waals surface area contributed by atoms with Crippen molar-refractivity contribution in [2.75, 3.05) is 6.61 Å². The first kappa shape index (κ1) is 10.4. The van der Waals surface area contributed by atoms with Crippen LogP contribution in [0.5, 0.6) is 0 Å². The molecule has 0 aromatic carbocycles. The van der Waals surface area contributed by atoms with Crippen molar-refractivity contribution < 1.29 is 9.53 Å². The molecule has 1 heterocycles. The molecule has 0 radical (unpaired) electrons. The molecule has 0 bridgehead atoms. The molecule has 13 heavy (non-hydrogen) atoms. The van der Waals surface area contributed by atoms with Crippen LogP contribution in [-0.2, 0) is 4.74 Å². The Morgan fingerprint density at radius 1 is 1.46 bits per heavy atom. The summed E-state index contributed by atoms with van der Waals surface area (Å²) in [7, 11) is 0. The highest BCUT2D eigenvalue weighted by molar-refractivity contribution is 5.71. The minimum absolute atomic E-state index is 0.136. The van der Waals surface area contributed by atoms with Crippen LogP contribution in [0.4, 0.5) is 4.79 Å². The fourth-order valence-corrected chi connectivity index (χ4v) is 1.70. The summed E-state index contributed by atoms with van der Waals surface area (Å²) in [4.78, 5) is 13.3. The van der Waals surface area contributed by atoms with E-state index in [0.29, 0.717) is 12.5 Å². The van der Waals surface area contributed by atoms with E-state index in [1.807, 2.05) is 25.7 Å². The molecule has 76 valence electrons. The number of carbonyl (C=O) groups excluding carboxylic acids is 1. The molecule has 0 spiro atoms. The number of carbonyl (C=O) groups is 1. The van der Waals surface area contributed by atoms with E-state index in [1.54, 1.807) is 0 Å². The van der Waals surface area contributed by atoms with E-state index in [9.17, 15) is 4.79 Å². The first-order valence-electron chi connectivity index (χ1n) is 4.80. The molecule has 0 aromatic heterocycles. The summed E-state index contributed by atoms with van der Waals surface area (Å²) >= 11 is 0. The SMILES string of the molecule is CC(C)[C@@H]1COC(=O)N1C(C)(C)C. The number of nitrogens with zero attached hydrogens (tertiary/aromatic N) is 1. The van der Waals surface area contributed by atoms with E-state index in [-0.39, 0.29) is 17.7 Å². The summed E-state index contributed by atoms with van der Waals surface area (Å²) in [5.74, 6) is 0.450. The smallest absolute Gasteiger partial charge is 0.410 e. The van der Waals surface area contributed by atoms with E-state index in [4.69, 9.17) is 4.74 Å². The molecule has 1 saturated heterocycles. The predicted octanol–water partition coefficient (Wildman–Crippen LogP) is 2.26. The lowest BCUT2D eigenvalue weighted by atomic mass is 9.98. The Morgan fingerprint density at radius 3 is 2.31 bits per heavy atom. The zero-order valence-electron chi connectivity index (χ0n) is 9.13. The molecule has 0 saturated carbocycles. The molecule has 0 N–H and O–H groups in total. The lowest BCUT2D eigenvalue weighted by Gasteiger charge is -2.36. The summed E-state index contributed by atoms with van der Waals surface area (Å²) < 4.78 is 5.05. The highest BCUT2D eigenvalue weighted by Crippen LogP contribution is 2.27. The zero-order valence-corrected chi connectivity index (χ0v) is 9.13.